The van der Waals surface area contributed by atoms with Crippen LogP contribution in [0.5, 0.6) is 0 Å². The van der Waals surface area contributed by atoms with E-state index in [1.54, 1.807) is 4.31 Å². The zero-order chi connectivity index (χ0) is 30.2. The number of carbonyl (C=O) groups excluding carboxylic acids is 2. The third-order valence-electron chi connectivity index (χ3n) is 11.3. The molecule has 2 aliphatic heterocycles. The Morgan fingerprint density at radius 1 is 0.886 bits per heavy atom. The van der Waals surface area contributed by atoms with Crippen LogP contribution in [-0.4, -0.2) is 80.2 Å². The zero-order valence-corrected chi connectivity index (χ0v) is 25.8. The van der Waals surface area contributed by atoms with Crippen LogP contribution in [0.15, 0.2) is 42.6 Å². The third-order valence-corrected chi connectivity index (χ3v) is 13.7. The second-order valence-electron chi connectivity index (χ2n) is 13.9. The van der Waals surface area contributed by atoms with Crippen molar-refractivity contribution >= 4 is 44.8 Å². The molecule has 3 amide bonds. The number of hydrogen-bond acceptors (Lipinski definition) is 7. The van der Waals surface area contributed by atoms with E-state index in [4.69, 9.17) is 10.7 Å². The molecule has 4 bridgehead atoms. The Balaban J connectivity index is 0.946. The molecule has 5 aliphatic carbocycles. The number of fused-ring (bicyclic) bond motifs is 1. The molecule has 7 aliphatic rings. The van der Waals surface area contributed by atoms with Crippen molar-refractivity contribution in [2.45, 2.75) is 56.2 Å². The van der Waals surface area contributed by atoms with Crippen LogP contribution in [0.25, 0.3) is 0 Å². The molecule has 1 saturated heterocycles. The van der Waals surface area contributed by atoms with Gasteiger partial charge in [-0.3, -0.25) is 9.69 Å². The normalized spacial score (nSPS) is 31.6. The number of para-hydroxylation sites is 2. The molecule has 5 saturated carbocycles. The van der Waals surface area contributed by atoms with Gasteiger partial charge in [0.1, 0.15) is 5.82 Å². The molecule has 3 N–H and O–H groups in total. The van der Waals surface area contributed by atoms with Gasteiger partial charge >= 0.3 is 6.03 Å². The highest BCUT2D eigenvalue weighted by Crippen LogP contribution is 2.60. The van der Waals surface area contributed by atoms with Crippen molar-refractivity contribution < 1.29 is 18.0 Å². The highest BCUT2D eigenvalue weighted by Gasteiger charge is 2.58. The van der Waals surface area contributed by atoms with E-state index >= 15 is 0 Å². The van der Waals surface area contributed by atoms with Gasteiger partial charge in [0.25, 0.3) is 0 Å². The molecule has 12 heteroatoms. The van der Waals surface area contributed by atoms with Gasteiger partial charge in [-0.05, 0) is 87.0 Å². The second kappa shape index (κ2) is 10.3. The minimum Gasteiger partial charge on any atom is -0.369 e. The molecular formula is C32H41N7O4S. The Morgan fingerprint density at radius 2 is 1.59 bits per heavy atom. The number of nitrogens with one attached hydrogen (secondary N) is 1. The van der Waals surface area contributed by atoms with Gasteiger partial charge in [0.05, 0.1) is 28.5 Å². The summed E-state index contributed by atoms with van der Waals surface area (Å²) >= 11 is 0. The molecular weight excluding hydrogens is 578 g/mol. The summed E-state index contributed by atoms with van der Waals surface area (Å²) in [7, 11) is -3.14. The van der Waals surface area contributed by atoms with Crippen molar-refractivity contribution in [1.82, 2.24) is 14.6 Å². The lowest BCUT2D eigenvalue weighted by atomic mass is 9.47. The number of rotatable bonds is 6. The number of piperazine rings is 1. The van der Waals surface area contributed by atoms with Crippen LogP contribution >= 0.6 is 0 Å². The summed E-state index contributed by atoms with van der Waals surface area (Å²) in [5, 5.41) is 3.23. The van der Waals surface area contributed by atoms with Gasteiger partial charge < -0.3 is 20.9 Å². The number of carbonyl (C=O) groups is 2. The number of amides is 3. The van der Waals surface area contributed by atoms with Gasteiger partial charge in [-0.25, -0.2) is 18.2 Å². The van der Waals surface area contributed by atoms with Gasteiger partial charge in [-0.2, -0.15) is 4.31 Å². The number of hydrogen-bond donors (Lipinski definition) is 2. The lowest BCUT2D eigenvalue weighted by molar-refractivity contribution is -0.145. The number of anilines is 4. The summed E-state index contributed by atoms with van der Waals surface area (Å²) in [6.07, 6.45) is 8.08. The molecule has 2 atom stereocenters. The molecule has 9 rings (SSSR count). The monoisotopic (exact) mass is 619 g/mol. The Labute approximate surface area is 258 Å². The Bertz CT molecular complexity index is 1560. The first kappa shape index (κ1) is 28.1. The Morgan fingerprint density at radius 3 is 2.23 bits per heavy atom. The van der Waals surface area contributed by atoms with E-state index in [2.05, 4.69) is 21.2 Å². The number of nitrogens with two attached hydrogens (primary N) is 1. The molecule has 2 unspecified atom stereocenters. The molecule has 234 valence electrons. The largest absolute Gasteiger partial charge is 0.369 e. The predicted molar refractivity (Wildman–Crippen MR) is 168 cm³/mol. The van der Waals surface area contributed by atoms with E-state index in [0.29, 0.717) is 57.0 Å². The highest BCUT2D eigenvalue weighted by molar-refractivity contribution is 7.90. The minimum absolute atomic E-state index is 0.0751. The van der Waals surface area contributed by atoms with E-state index in [1.807, 2.05) is 41.4 Å². The fourth-order valence-electron chi connectivity index (χ4n) is 9.10. The number of aromatic nitrogens is 1. The molecule has 0 radical (unpaired) electrons. The molecule has 1 aromatic heterocycles. The molecule has 6 fully saturated rings. The summed E-state index contributed by atoms with van der Waals surface area (Å²) < 4.78 is 26.9. The highest BCUT2D eigenvalue weighted by atomic mass is 32.2. The van der Waals surface area contributed by atoms with Gasteiger partial charge in [0, 0.05) is 50.7 Å². The molecule has 2 aromatic rings. The van der Waals surface area contributed by atoms with Crippen LogP contribution in [0.4, 0.5) is 27.7 Å². The number of benzene rings is 1. The smallest absolute Gasteiger partial charge is 0.322 e. The van der Waals surface area contributed by atoms with Gasteiger partial charge in [-0.15, -0.1) is 0 Å². The summed E-state index contributed by atoms with van der Waals surface area (Å²) in [5.74, 6) is 1.82. The lowest BCUT2D eigenvalue weighted by Crippen LogP contribution is -2.63. The summed E-state index contributed by atoms with van der Waals surface area (Å²) in [5.41, 5.74) is 8.28. The molecule has 3 heterocycles. The molecule has 11 nitrogen and oxygen atoms in total. The quantitative estimate of drug-likeness (QED) is 0.508. The second-order valence-corrected chi connectivity index (χ2v) is 16.1. The van der Waals surface area contributed by atoms with Crippen LogP contribution in [0, 0.1) is 23.2 Å². The van der Waals surface area contributed by atoms with Gasteiger partial charge in [0.2, 0.25) is 15.9 Å². The summed E-state index contributed by atoms with van der Waals surface area (Å²) in [4.78, 5) is 37.2. The van der Waals surface area contributed by atoms with E-state index in [-0.39, 0.29) is 28.6 Å². The van der Waals surface area contributed by atoms with Gasteiger partial charge in [0.15, 0.2) is 0 Å². The van der Waals surface area contributed by atoms with E-state index < -0.39 is 10.0 Å². The van der Waals surface area contributed by atoms with Crippen LogP contribution in [0.2, 0.25) is 0 Å². The van der Waals surface area contributed by atoms with E-state index in [9.17, 15) is 18.0 Å². The van der Waals surface area contributed by atoms with Crippen LogP contribution < -0.4 is 25.8 Å². The van der Waals surface area contributed by atoms with Crippen molar-refractivity contribution in [3.63, 3.8) is 0 Å². The summed E-state index contributed by atoms with van der Waals surface area (Å²) in [6, 6.07) is 12.0. The average molecular weight is 620 g/mol. The van der Waals surface area contributed by atoms with Crippen LogP contribution in [0.3, 0.4) is 0 Å². The summed E-state index contributed by atoms with van der Waals surface area (Å²) in [6.45, 7) is 3.45. The van der Waals surface area contributed by atoms with E-state index in [0.717, 1.165) is 67.8 Å². The van der Waals surface area contributed by atoms with Crippen molar-refractivity contribution in [3.8, 4) is 0 Å². The standard InChI is InChI=1S/C32H41N7O4S/c33-30(40)32-17-21-15-22(18-32)29(23(16-21)19-32)35-31(41)39-14-13-38(26-3-1-2-4-27(26)39)28-8-5-24(20-34-28)36-9-11-37(12-10-36)44(42,43)25-6-7-25/h1-5,8,20-23,25,29H,6-7,9-19H2,(H2,33,40)(H,35,41). The van der Waals surface area contributed by atoms with Crippen molar-refractivity contribution in [2.24, 2.45) is 28.9 Å². The van der Waals surface area contributed by atoms with Crippen molar-refractivity contribution in [2.75, 3.05) is 54.0 Å². The zero-order valence-electron chi connectivity index (χ0n) is 25.0. The SMILES string of the molecule is NC(=O)C12CC3CC(C1)C(NC(=O)N1CCN(c4ccc(N5CCN(S(=O)(=O)C6CC6)CC5)cn4)c4ccccc41)C(C3)C2. The average Bonchev–Trinajstić information content (AvgIpc) is 3.89. The maximum atomic E-state index is 13.8. The number of pyridine rings is 1. The van der Waals surface area contributed by atoms with Crippen molar-refractivity contribution in [3.05, 3.63) is 42.6 Å². The van der Waals surface area contributed by atoms with Gasteiger partial charge in [-0.1, -0.05) is 12.1 Å². The Hall–Kier alpha value is -3.38. The number of primary amides is 1. The Kier molecular flexibility index (Phi) is 6.60. The minimum atomic E-state index is -3.14. The fourth-order valence-corrected chi connectivity index (χ4v) is 10.9. The lowest BCUT2D eigenvalue weighted by Gasteiger charge is -2.59. The predicted octanol–water partition coefficient (Wildman–Crippen LogP) is 3.04. The number of sulfonamides is 1. The van der Waals surface area contributed by atoms with Crippen molar-refractivity contribution in [1.29, 1.82) is 0 Å². The van der Waals surface area contributed by atoms with Crippen LogP contribution in [0.1, 0.15) is 44.9 Å². The first-order valence-electron chi connectivity index (χ1n) is 16.2. The number of nitrogens with zero attached hydrogens (tertiary/aromatic N) is 5. The molecule has 0 spiro atoms. The molecule has 44 heavy (non-hydrogen) atoms. The first-order valence-corrected chi connectivity index (χ1v) is 17.7. The third kappa shape index (κ3) is 4.63. The van der Waals surface area contributed by atoms with E-state index in [1.165, 1.54) is 0 Å². The molecule has 1 aromatic carbocycles. The number of urea groups is 1. The maximum Gasteiger partial charge on any atom is 0.322 e. The topological polar surface area (TPSA) is 132 Å². The first-order chi connectivity index (χ1) is 21.2. The van der Waals surface area contributed by atoms with Crippen LogP contribution in [-0.2, 0) is 14.8 Å². The maximum absolute atomic E-state index is 13.8. The fraction of sp³-hybridized carbons (Fsp3) is 0.594.